The molecule has 0 aliphatic heterocycles. The van der Waals surface area contributed by atoms with E-state index in [0.29, 0.717) is 5.95 Å². The summed E-state index contributed by atoms with van der Waals surface area (Å²) in [6, 6.07) is 2.73. The lowest BCUT2D eigenvalue weighted by Crippen LogP contribution is -2.24. The fourth-order valence-electron chi connectivity index (χ4n) is 1.21. The van der Waals surface area contributed by atoms with E-state index in [9.17, 15) is 9.59 Å². The summed E-state index contributed by atoms with van der Waals surface area (Å²) in [5, 5.41) is 8.74. The van der Waals surface area contributed by atoms with E-state index < -0.39 is 11.5 Å². The summed E-state index contributed by atoms with van der Waals surface area (Å²) in [5.74, 6) is -0.955. The number of imidazole rings is 1. The molecule has 0 amide bonds. The van der Waals surface area contributed by atoms with Gasteiger partial charge in [0, 0.05) is 18.6 Å². The van der Waals surface area contributed by atoms with E-state index in [4.69, 9.17) is 5.11 Å². The van der Waals surface area contributed by atoms with Gasteiger partial charge in [0.05, 0.1) is 0 Å². The van der Waals surface area contributed by atoms with Crippen LogP contribution in [0.15, 0.2) is 35.5 Å². The van der Waals surface area contributed by atoms with E-state index in [-0.39, 0.29) is 5.56 Å². The molecule has 0 fully saturated rings. The van der Waals surface area contributed by atoms with Gasteiger partial charge in [-0.3, -0.25) is 9.36 Å². The van der Waals surface area contributed by atoms with E-state index >= 15 is 0 Å². The van der Waals surface area contributed by atoms with Gasteiger partial charge in [0.1, 0.15) is 5.56 Å². The molecule has 0 unspecified atom stereocenters. The van der Waals surface area contributed by atoms with Crippen LogP contribution in [0.4, 0.5) is 0 Å². The summed E-state index contributed by atoms with van der Waals surface area (Å²) in [4.78, 5) is 28.9. The maximum atomic E-state index is 11.6. The molecule has 0 aliphatic rings. The van der Waals surface area contributed by atoms with Gasteiger partial charge in [-0.25, -0.2) is 9.78 Å². The Morgan fingerprint density at radius 1 is 1.53 bits per heavy atom. The summed E-state index contributed by atoms with van der Waals surface area (Å²) >= 11 is 0. The van der Waals surface area contributed by atoms with Crippen molar-refractivity contribution in [1.29, 1.82) is 0 Å². The van der Waals surface area contributed by atoms with E-state index in [1.54, 1.807) is 6.20 Å². The molecule has 6 nitrogen and oxygen atoms in total. The average molecular weight is 205 g/mol. The molecule has 0 aliphatic carbocycles. The number of rotatable bonds is 2. The maximum Gasteiger partial charge on any atom is 0.341 e. The van der Waals surface area contributed by atoms with Crippen molar-refractivity contribution in [3.8, 4) is 5.95 Å². The van der Waals surface area contributed by atoms with Crippen LogP contribution in [0, 0.1) is 0 Å². The molecule has 6 heteroatoms. The fraction of sp³-hybridized carbons (Fsp3) is 0. The molecular formula is C9H7N3O3. The maximum absolute atomic E-state index is 11.6. The minimum Gasteiger partial charge on any atom is -0.477 e. The van der Waals surface area contributed by atoms with Gasteiger partial charge in [-0.1, -0.05) is 0 Å². The van der Waals surface area contributed by atoms with Gasteiger partial charge < -0.3 is 10.1 Å². The van der Waals surface area contributed by atoms with Crippen LogP contribution >= 0.6 is 0 Å². The zero-order valence-electron chi connectivity index (χ0n) is 7.54. The van der Waals surface area contributed by atoms with Crippen LogP contribution in [0.5, 0.6) is 0 Å². The first-order valence-corrected chi connectivity index (χ1v) is 4.15. The van der Waals surface area contributed by atoms with Gasteiger partial charge in [-0.15, -0.1) is 0 Å². The van der Waals surface area contributed by atoms with Gasteiger partial charge >= 0.3 is 5.97 Å². The van der Waals surface area contributed by atoms with Crippen LogP contribution in [0.25, 0.3) is 5.95 Å². The molecule has 0 aromatic carbocycles. The number of nitrogens with zero attached hydrogens (tertiary/aromatic N) is 2. The molecule has 0 spiro atoms. The molecule has 0 atom stereocenters. The van der Waals surface area contributed by atoms with Crippen LogP contribution in [-0.2, 0) is 0 Å². The first-order chi connectivity index (χ1) is 7.20. The Hall–Kier alpha value is -2.37. The molecule has 15 heavy (non-hydrogen) atoms. The largest absolute Gasteiger partial charge is 0.477 e. The molecule has 0 bridgehead atoms. The molecule has 2 aromatic heterocycles. The molecule has 0 saturated carbocycles. The smallest absolute Gasteiger partial charge is 0.341 e. The van der Waals surface area contributed by atoms with Gasteiger partial charge in [0.2, 0.25) is 5.95 Å². The molecule has 2 rings (SSSR count). The minimum atomic E-state index is -1.25. The Labute approximate surface area is 83.8 Å². The second-order valence-electron chi connectivity index (χ2n) is 2.81. The van der Waals surface area contributed by atoms with Crippen LogP contribution in [0.1, 0.15) is 10.4 Å². The fourth-order valence-corrected chi connectivity index (χ4v) is 1.21. The van der Waals surface area contributed by atoms with Gasteiger partial charge in [-0.2, -0.15) is 0 Å². The van der Waals surface area contributed by atoms with Crippen molar-refractivity contribution in [2.45, 2.75) is 0 Å². The second-order valence-corrected chi connectivity index (χ2v) is 2.81. The monoisotopic (exact) mass is 205 g/mol. The van der Waals surface area contributed by atoms with Gasteiger partial charge in [0.25, 0.3) is 5.56 Å². The Kier molecular flexibility index (Phi) is 2.09. The lowest BCUT2D eigenvalue weighted by atomic mass is 10.3. The third kappa shape index (κ3) is 1.52. The first kappa shape index (κ1) is 9.20. The number of hydrogen-bond donors (Lipinski definition) is 2. The van der Waals surface area contributed by atoms with Crippen molar-refractivity contribution in [3.63, 3.8) is 0 Å². The van der Waals surface area contributed by atoms with Gasteiger partial charge in [-0.05, 0) is 12.1 Å². The number of carbonyl (C=O) groups is 1. The van der Waals surface area contributed by atoms with E-state index in [1.165, 1.54) is 24.5 Å². The number of pyridine rings is 1. The standard InChI is InChI=1S/C9H7N3O3/c13-7-6(8(14)15)2-1-5-12(7)9-10-3-4-11-9/h1-5H,(H,10,11)(H,14,15). The molecule has 0 radical (unpaired) electrons. The van der Waals surface area contributed by atoms with E-state index in [1.807, 2.05) is 0 Å². The minimum absolute atomic E-state index is 0.283. The highest BCUT2D eigenvalue weighted by Crippen LogP contribution is 1.97. The Morgan fingerprint density at radius 2 is 2.33 bits per heavy atom. The molecule has 2 N–H and O–H groups in total. The Balaban J connectivity index is 2.65. The molecule has 2 aromatic rings. The van der Waals surface area contributed by atoms with Crippen molar-refractivity contribution >= 4 is 5.97 Å². The predicted octanol–water partition coefficient (Wildman–Crippen LogP) is 0.259. The number of carboxylic acids is 1. The Morgan fingerprint density at radius 3 is 2.93 bits per heavy atom. The normalized spacial score (nSPS) is 10.1. The first-order valence-electron chi connectivity index (χ1n) is 4.15. The molecule has 2 heterocycles. The SMILES string of the molecule is O=C(O)c1cccn(-c2ncc[nH]2)c1=O. The molecular weight excluding hydrogens is 198 g/mol. The van der Waals surface area contributed by atoms with Crippen molar-refractivity contribution in [3.05, 3.63) is 46.6 Å². The van der Waals surface area contributed by atoms with Gasteiger partial charge in [0.15, 0.2) is 0 Å². The molecule has 0 saturated heterocycles. The zero-order chi connectivity index (χ0) is 10.8. The number of aromatic nitrogens is 3. The quantitative estimate of drug-likeness (QED) is 0.736. The summed E-state index contributed by atoms with van der Waals surface area (Å²) in [6.45, 7) is 0. The van der Waals surface area contributed by atoms with Crippen LogP contribution in [0.2, 0.25) is 0 Å². The zero-order valence-corrected chi connectivity index (χ0v) is 7.54. The highest BCUT2D eigenvalue weighted by molar-refractivity contribution is 5.87. The lowest BCUT2D eigenvalue weighted by molar-refractivity contribution is 0.0694. The van der Waals surface area contributed by atoms with Crippen LogP contribution in [0.3, 0.4) is 0 Å². The summed E-state index contributed by atoms with van der Waals surface area (Å²) < 4.78 is 1.14. The van der Waals surface area contributed by atoms with Crippen molar-refractivity contribution in [2.75, 3.05) is 0 Å². The topological polar surface area (TPSA) is 88.0 Å². The van der Waals surface area contributed by atoms with Crippen molar-refractivity contribution < 1.29 is 9.90 Å². The third-order valence-corrected chi connectivity index (χ3v) is 1.89. The number of hydrogen-bond acceptors (Lipinski definition) is 3. The van der Waals surface area contributed by atoms with E-state index in [0.717, 1.165) is 4.57 Å². The predicted molar refractivity (Wildman–Crippen MR) is 51.1 cm³/mol. The highest BCUT2D eigenvalue weighted by Gasteiger charge is 2.11. The summed E-state index contributed by atoms with van der Waals surface area (Å²) in [6.07, 6.45) is 4.48. The highest BCUT2D eigenvalue weighted by atomic mass is 16.4. The van der Waals surface area contributed by atoms with Crippen LogP contribution < -0.4 is 5.56 Å². The van der Waals surface area contributed by atoms with Crippen molar-refractivity contribution in [1.82, 2.24) is 14.5 Å². The van der Waals surface area contributed by atoms with Crippen LogP contribution in [-0.4, -0.2) is 25.6 Å². The Bertz CT molecular complexity index is 542. The number of carboxylic acid groups (broad SMARTS) is 1. The average Bonchev–Trinajstić information content (AvgIpc) is 2.70. The second kappa shape index (κ2) is 3.41. The van der Waals surface area contributed by atoms with Crippen molar-refractivity contribution in [2.24, 2.45) is 0 Å². The lowest BCUT2D eigenvalue weighted by Gasteiger charge is -2.01. The summed E-state index contributed by atoms with van der Waals surface area (Å²) in [5.41, 5.74) is -0.895. The number of H-pyrrole nitrogens is 1. The van der Waals surface area contributed by atoms with E-state index in [2.05, 4.69) is 9.97 Å². The number of aromatic amines is 1. The summed E-state index contributed by atoms with van der Waals surface area (Å²) in [7, 11) is 0. The third-order valence-electron chi connectivity index (χ3n) is 1.89. The number of aromatic carboxylic acids is 1. The number of nitrogens with one attached hydrogen (secondary N) is 1. The molecule has 76 valence electrons.